The maximum Gasteiger partial charge on any atom is 0.258 e. The van der Waals surface area contributed by atoms with Gasteiger partial charge in [-0.15, -0.1) is 0 Å². The zero-order valence-corrected chi connectivity index (χ0v) is 13.3. The highest BCUT2D eigenvalue weighted by molar-refractivity contribution is 6.03. The van der Waals surface area contributed by atoms with Crippen molar-refractivity contribution in [3.05, 3.63) is 45.5 Å². The Kier molecular flexibility index (Phi) is 4.29. The second kappa shape index (κ2) is 6.37. The number of aryl methyl sites for hydroxylation is 2. The number of pyridine rings is 1. The lowest BCUT2D eigenvalue weighted by molar-refractivity contribution is 0.0791. The molecule has 1 saturated heterocycles. The van der Waals surface area contributed by atoms with E-state index < -0.39 is 0 Å². The van der Waals surface area contributed by atoms with Crippen LogP contribution >= 0.6 is 0 Å². The molecule has 2 aromatic rings. The van der Waals surface area contributed by atoms with Crippen molar-refractivity contribution in [3.8, 4) is 0 Å². The van der Waals surface area contributed by atoms with Crippen molar-refractivity contribution >= 4 is 11.7 Å². The van der Waals surface area contributed by atoms with Gasteiger partial charge in [0, 0.05) is 37.4 Å². The molecule has 1 aliphatic heterocycles. The van der Waals surface area contributed by atoms with Gasteiger partial charge in [-0.2, -0.15) is 5.10 Å². The lowest BCUT2D eigenvalue weighted by Gasteiger charge is -2.19. The lowest BCUT2D eigenvalue weighted by Crippen LogP contribution is -2.18. The summed E-state index contributed by atoms with van der Waals surface area (Å²) in [6, 6.07) is 3.45. The van der Waals surface area contributed by atoms with E-state index in [0.29, 0.717) is 23.6 Å². The van der Waals surface area contributed by atoms with Crippen LogP contribution in [0.3, 0.4) is 0 Å². The lowest BCUT2D eigenvalue weighted by atomic mass is 9.99. The van der Waals surface area contributed by atoms with Crippen LogP contribution in [0.5, 0.6) is 0 Å². The van der Waals surface area contributed by atoms with Crippen LogP contribution in [0.25, 0.3) is 0 Å². The fourth-order valence-corrected chi connectivity index (χ4v) is 2.70. The van der Waals surface area contributed by atoms with Gasteiger partial charge in [0.15, 0.2) is 0 Å². The number of carbonyl (C=O) groups excluding carboxylic acids is 1. The highest BCUT2D eigenvalue weighted by Gasteiger charge is 2.20. The van der Waals surface area contributed by atoms with Gasteiger partial charge in [0.2, 0.25) is 0 Å². The van der Waals surface area contributed by atoms with Crippen molar-refractivity contribution in [3.63, 3.8) is 0 Å². The molecule has 0 spiro atoms. The van der Waals surface area contributed by atoms with Gasteiger partial charge in [-0.3, -0.25) is 14.3 Å². The van der Waals surface area contributed by atoms with Crippen LogP contribution in [0.2, 0.25) is 0 Å². The van der Waals surface area contributed by atoms with Crippen LogP contribution in [0.15, 0.2) is 23.1 Å². The molecule has 0 saturated carbocycles. The van der Waals surface area contributed by atoms with Crippen LogP contribution in [-0.2, 0) is 11.8 Å². The van der Waals surface area contributed by atoms with Crippen LogP contribution in [0, 0.1) is 6.92 Å². The Morgan fingerprint density at radius 1 is 1.48 bits per heavy atom. The van der Waals surface area contributed by atoms with Crippen molar-refractivity contribution in [2.45, 2.75) is 25.7 Å². The fraction of sp³-hybridized carbons (Fsp3) is 0.438. The largest absolute Gasteiger partial charge is 0.381 e. The van der Waals surface area contributed by atoms with E-state index in [2.05, 4.69) is 15.4 Å². The topological polar surface area (TPSA) is 89.0 Å². The molecular weight excluding hydrogens is 296 g/mol. The van der Waals surface area contributed by atoms with Gasteiger partial charge in [-0.25, -0.2) is 0 Å². The molecule has 1 atom stereocenters. The Bertz CT molecular complexity index is 772. The van der Waals surface area contributed by atoms with E-state index in [1.807, 2.05) is 6.07 Å². The Labute approximate surface area is 133 Å². The van der Waals surface area contributed by atoms with Crippen LogP contribution in [-0.4, -0.2) is 33.9 Å². The second-order valence-electron chi connectivity index (χ2n) is 5.85. The Hall–Kier alpha value is -2.41. The summed E-state index contributed by atoms with van der Waals surface area (Å²) in [5, 5.41) is 7.31. The molecule has 1 aliphatic rings. The summed E-state index contributed by atoms with van der Waals surface area (Å²) < 4.78 is 7.14. The molecule has 1 unspecified atom stereocenters. The molecule has 1 fully saturated rings. The summed E-state index contributed by atoms with van der Waals surface area (Å²) >= 11 is 0. The van der Waals surface area contributed by atoms with Gasteiger partial charge in [-0.1, -0.05) is 0 Å². The Morgan fingerprint density at radius 2 is 2.30 bits per heavy atom. The molecule has 0 radical (unpaired) electrons. The van der Waals surface area contributed by atoms with Gasteiger partial charge in [0.05, 0.1) is 17.9 Å². The molecule has 3 heterocycles. The average Bonchev–Trinajstić information content (AvgIpc) is 2.92. The van der Waals surface area contributed by atoms with Crippen LogP contribution in [0.4, 0.5) is 5.82 Å². The van der Waals surface area contributed by atoms with Gasteiger partial charge in [0.1, 0.15) is 5.82 Å². The molecule has 7 heteroatoms. The number of carbonyl (C=O) groups is 1. The summed E-state index contributed by atoms with van der Waals surface area (Å²) in [7, 11) is 1.79. The standard InChI is InChI=1S/C16H20N4O3/c1-10-6-12(8-17-15(10)21)16(22)18-14-7-13(19-20(14)2)11-4-3-5-23-9-11/h6-8,11H,3-5,9H2,1-2H3,(H,17,21)(H,18,22). The molecule has 7 nitrogen and oxygen atoms in total. The van der Waals surface area contributed by atoms with Crippen molar-refractivity contribution in [1.29, 1.82) is 0 Å². The second-order valence-corrected chi connectivity index (χ2v) is 5.85. The fourth-order valence-electron chi connectivity index (χ4n) is 2.70. The third kappa shape index (κ3) is 3.34. The molecule has 2 aromatic heterocycles. The number of hydrogen-bond acceptors (Lipinski definition) is 4. The quantitative estimate of drug-likeness (QED) is 0.899. The summed E-state index contributed by atoms with van der Waals surface area (Å²) in [5.74, 6) is 0.620. The number of anilines is 1. The zero-order valence-electron chi connectivity index (χ0n) is 13.3. The number of H-pyrrole nitrogens is 1. The first kappa shape index (κ1) is 15.5. The normalized spacial score (nSPS) is 17.9. The maximum absolute atomic E-state index is 12.3. The van der Waals surface area contributed by atoms with Gasteiger partial charge < -0.3 is 15.0 Å². The molecule has 1 amide bonds. The zero-order chi connectivity index (χ0) is 16.4. The third-order valence-electron chi connectivity index (χ3n) is 4.07. The Morgan fingerprint density at radius 3 is 3.00 bits per heavy atom. The molecule has 23 heavy (non-hydrogen) atoms. The number of aromatic nitrogens is 3. The van der Waals surface area contributed by atoms with E-state index in [4.69, 9.17) is 4.74 Å². The number of rotatable bonds is 3. The molecule has 0 aliphatic carbocycles. The number of hydrogen-bond donors (Lipinski definition) is 2. The van der Waals surface area contributed by atoms with Crippen LogP contribution in [0.1, 0.15) is 40.4 Å². The average molecular weight is 316 g/mol. The van der Waals surface area contributed by atoms with E-state index in [1.165, 1.54) is 6.20 Å². The SMILES string of the molecule is Cc1cc(C(=O)Nc2cc(C3CCCOC3)nn2C)c[nH]c1=O. The Balaban J connectivity index is 1.76. The highest BCUT2D eigenvalue weighted by atomic mass is 16.5. The smallest absolute Gasteiger partial charge is 0.258 e. The van der Waals surface area contributed by atoms with E-state index in [-0.39, 0.29) is 17.4 Å². The summed E-state index contributed by atoms with van der Waals surface area (Å²) in [4.78, 5) is 26.2. The summed E-state index contributed by atoms with van der Waals surface area (Å²) in [5.41, 5.74) is 1.65. The van der Waals surface area contributed by atoms with Gasteiger partial charge in [-0.05, 0) is 25.8 Å². The molecule has 122 valence electrons. The minimum Gasteiger partial charge on any atom is -0.381 e. The van der Waals surface area contributed by atoms with Crippen molar-refractivity contribution in [1.82, 2.24) is 14.8 Å². The molecule has 2 N–H and O–H groups in total. The van der Waals surface area contributed by atoms with Crippen molar-refractivity contribution in [2.24, 2.45) is 7.05 Å². The van der Waals surface area contributed by atoms with Gasteiger partial charge in [0.25, 0.3) is 11.5 Å². The maximum atomic E-state index is 12.3. The third-order valence-corrected chi connectivity index (χ3v) is 4.07. The molecule has 3 rings (SSSR count). The van der Waals surface area contributed by atoms with Crippen molar-refractivity contribution < 1.29 is 9.53 Å². The van der Waals surface area contributed by atoms with Crippen molar-refractivity contribution in [2.75, 3.05) is 18.5 Å². The molecular formula is C16H20N4O3. The predicted molar refractivity (Wildman–Crippen MR) is 85.8 cm³/mol. The number of amides is 1. The highest BCUT2D eigenvalue weighted by Crippen LogP contribution is 2.26. The van der Waals surface area contributed by atoms with E-state index in [9.17, 15) is 9.59 Å². The number of aromatic amines is 1. The van der Waals surface area contributed by atoms with Gasteiger partial charge >= 0.3 is 0 Å². The van der Waals surface area contributed by atoms with E-state index in [1.54, 1.807) is 24.7 Å². The molecule has 0 bridgehead atoms. The van der Waals surface area contributed by atoms with Crippen LogP contribution < -0.4 is 10.9 Å². The van der Waals surface area contributed by atoms with E-state index >= 15 is 0 Å². The summed E-state index contributed by atoms with van der Waals surface area (Å²) in [6.07, 6.45) is 3.49. The first-order valence-corrected chi connectivity index (χ1v) is 7.67. The molecule has 0 aromatic carbocycles. The monoisotopic (exact) mass is 316 g/mol. The first-order chi connectivity index (χ1) is 11.0. The number of nitrogens with one attached hydrogen (secondary N) is 2. The minimum atomic E-state index is -0.279. The number of ether oxygens (including phenoxy) is 1. The number of nitrogens with zero attached hydrogens (tertiary/aromatic N) is 2. The predicted octanol–water partition coefficient (Wildman–Crippen LogP) is 1.56. The first-order valence-electron chi connectivity index (χ1n) is 7.67. The van der Waals surface area contributed by atoms with E-state index in [0.717, 1.165) is 25.1 Å². The minimum absolute atomic E-state index is 0.193. The summed E-state index contributed by atoms with van der Waals surface area (Å²) in [6.45, 7) is 3.14.